The number of carbonyl (C=O) groups is 2. The van der Waals surface area contributed by atoms with Crippen LogP contribution in [0.25, 0.3) is 0 Å². The second-order valence-corrected chi connectivity index (χ2v) is 8.74. The van der Waals surface area contributed by atoms with Gasteiger partial charge in [0.05, 0.1) is 26.3 Å². The molecule has 172 valence electrons. The zero-order valence-electron chi connectivity index (χ0n) is 18.3. The highest BCUT2D eigenvalue weighted by Gasteiger charge is 2.40. The second-order valence-electron chi connectivity index (χ2n) is 8.43. The van der Waals surface area contributed by atoms with E-state index in [1.165, 1.54) is 5.56 Å². The molecule has 31 heavy (non-hydrogen) atoms. The number of halogens is 1. The van der Waals surface area contributed by atoms with E-state index in [0.29, 0.717) is 43.2 Å². The topological polar surface area (TPSA) is 100 Å². The van der Waals surface area contributed by atoms with Gasteiger partial charge in [-0.3, -0.25) is 9.69 Å². The number of benzene rings is 1. The minimum Gasteiger partial charge on any atom is -0.493 e. The van der Waals surface area contributed by atoms with Gasteiger partial charge in [-0.2, -0.15) is 0 Å². The fourth-order valence-corrected chi connectivity index (χ4v) is 4.71. The van der Waals surface area contributed by atoms with Gasteiger partial charge in [0.15, 0.2) is 11.5 Å². The highest BCUT2D eigenvalue weighted by molar-refractivity contribution is 6.18. The van der Waals surface area contributed by atoms with Crippen LogP contribution < -0.4 is 20.1 Å². The molecule has 1 saturated heterocycles. The number of fused-ring (bicyclic) bond motifs is 3. The number of hydrogen-bond donors (Lipinski definition) is 3. The van der Waals surface area contributed by atoms with Crippen LogP contribution in [0.1, 0.15) is 43.4 Å². The van der Waals surface area contributed by atoms with Crippen molar-refractivity contribution in [2.24, 2.45) is 5.92 Å². The van der Waals surface area contributed by atoms with Gasteiger partial charge in [-0.1, -0.05) is 6.92 Å². The van der Waals surface area contributed by atoms with E-state index in [1.54, 1.807) is 14.2 Å². The summed E-state index contributed by atoms with van der Waals surface area (Å²) < 4.78 is 10.9. The Balaban J connectivity index is 1.78. The first-order valence-electron chi connectivity index (χ1n) is 10.7. The molecule has 9 heteroatoms. The fourth-order valence-electron chi connectivity index (χ4n) is 4.56. The molecule has 1 fully saturated rings. The van der Waals surface area contributed by atoms with Gasteiger partial charge in [0, 0.05) is 31.4 Å². The molecule has 0 aromatic heterocycles. The van der Waals surface area contributed by atoms with Crippen LogP contribution in [0.3, 0.4) is 0 Å². The number of rotatable bonds is 8. The van der Waals surface area contributed by atoms with Crippen molar-refractivity contribution < 1.29 is 24.2 Å². The average Bonchev–Trinajstić information content (AvgIpc) is 2.76. The quantitative estimate of drug-likeness (QED) is 0.523. The molecule has 1 aromatic carbocycles. The van der Waals surface area contributed by atoms with Crippen LogP contribution in [0.15, 0.2) is 12.1 Å². The molecule has 4 unspecified atom stereocenters. The van der Waals surface area contributed by atoms with Crippen LogP contribution >= 0.6 is 11.6 Å². The lowest BCUT2D eigenvalue weighted by Crippen LogP contribution is -2.62. The van der Waals surface area contributed by atoms with Crippen molar-refractivity contribution in [3.63, 3.8) is 0 Å². The van der Waals surface area contributed by atoms with E-state index in [2.05, 4.69) is 15.5 Å². The number of alkyl halides is 1. The van der Waals surface area contributed by atoms with Gasteiger partial charge in [-0.15, -0.1) is 11.6 Å². The van der Waals surface area contributed by atoms with Crippen molar-refractivity contribution in [1.82, 2.24) is 15.5 Å². The number of ether oxygens (including phenoxy) is 2. The molecule has 2 heterocycles. The zero-order valence-corrected chi connectivity index (χ0v) is 19.1. The molecule has 2 aliphatic heterocycles. The molecule has 0 spiro atoms. The molecule has 3 N–H and O–H groups in total. The summed E-state index contributed by atoms with van der Waals surface area (Å²) in [6.45, 7) is 3.43. The maximum Gasteiger partial charge on any atom is 0.404 e. The number of methoxy groups -OCH3 is 2. The summed E-state index contributed by atoms with van der Waals surface area (Å²) in [5.74, 6) is 2.07. The van der Waals surface area contributed by atoms with Crippen LogP contribution in [0.4, 0.5) is 4.79 Å². The lowest BCUT2D eigenvalue weighted by atomic mass is 9.82. The van der Waals surface area contributed by atoms with E-state index in [-0.39, 0.29) is 30.0 Å². The predicted molar refractivity (Wildman–Crippen MR) is 118 cm³/mol. The highest BCUT2D eigenvalue weighted by Crippen LogP contribution is 2.41. The fraction of sp³-hybridized carbons (Fsp3) is 0.636. The number of hydrogen-bond acceptors (Lipinski definition) is 5. The van der Waals surface area contributed by atoms with E-state index in [4.69, 9.17) is 21.1 Å². The zero-order chi connectivity index (χ0) is 22.5. The van der Waals surface area contributed by atoms with Crippen molar-refractivity contribution in [2.45, 2.75) is 50.7 Å². The smallest absolute Gasteiger partial charge is 0.404 e. The molecule has 8 nitrogen and oxygen atoms in total. The number of carbonyl (C=O) groups excluding carboxylic acids is 1. The van der Waals surface area contributed by atoms with Crippen LogP contribution in [0.2, 0.25) is 0 Å². The van der Waals surface area contributed by atoms with E-state index in [0.717, 1.165) is 18.5 Å². The molecule has 2 amide bonds. The Labute approximate surface area is 188 Å². The van der Waals surface area contributed by atoms with Gasteiger partial charge in [0.1, 0.15) is 0 Å². The van der Waals surface area contributed by atoms with Gasteiger partial charge in [-0.05, 0) is 48.4 Å². The summed E-state index contributed by atoms with van der Waals surface area (Å²) in [5.41, 5.74) is 2.31. The molecular formula is C22H32ClN3O5. The Hall–Kier alpha value is -2.19. The Kier molecular flexibility index (Phi) is 7.89. The standard InChI is InChI=1S/C22H32ClN3O5/c1-13(11-23)4-5-21(27)24-17-12-26-7-6-14-8-19(30-2)20(31-3)9-15(14)18(26)10-16(17)25-22(28)29/h8-9,13,16-18,25H,4-7,10-12H2,1-3H3,(H,24,27)(H,28,29). The molecule has 0 bridgehead atoms. The maximum atomic E-state index is 12.5. The lowest BCUT2D eigenvalue weighted by Gasteiger charge is -2.47. The van der Waals surface area contributed by atoms with Crippen LogP contribution in [0.5, 0.6) is 11.5 Å². The normalized spacial score (nSPS) is 23.8. The molecule has 1 aromatic rings. The Morgan fingerprint density at radius 3 is 2.58 bits per heavy atom. The molecule has 4 atom stereocenters. The number of nitrogens with zero attached hydrogens (tertiary/aromatic N) is 1. The summed E-state index contributed by atoms with van der Waals surface area (Å²) in [5, 5.41) is 15.1. The molecule has 0 radical (unpaired) electrons. The van der Waals surface area contributed by atoms with Crippen molar-refractivity contribution in [3.05, 3.63) is 23.3 Å². The Bertz CT molecular complexity index is 806. The first-order valence-corrected chi connectivity index (χ1v) is 11.2. The van der Waals surface area contributed by atoms with Crippen molar-refractivity contribution >= 4 is 23.6 Å². The summed E-state index contributed by atoms with van der Waals surface area (Å²) in [7, 11) is 3.23. The van der Waals surface area contributed by atoms with Gasteiger partial charge in [0.2, 0.25) is 5.91 Å². The third kappa shape index (κ3) is 5.54. The van der Waals surface area contributed by atoms with E-state index in [9.17, 15) is 14.7 Å². The second kappa shape index (κ2) is 10.4. The number of amides is 2. The van der Waals surface area contributed by atoms with Crippen LogP contribution in [-0.4, -0.2) is 67.3 Å². The summed E-state index contributed by atoms with van der Waals surface area (Å²) in [6, 6.07) is 3.39. The third-order valence-electron chi connectivity index (χ3n) is 6.29. The summed E-state index contributed by atoms with van der Waals surface area (Å²) in [6.07, 6.45) is 1.43. The minimum absolute atomic E-state index is 0.0461. The summed E-state index contributed by atoms with van der Waals surface area (Å²) in [4.78, 5) is 26.3. The SMILES string of the molecule is COc1cc2c(cc1OC)C1CC(NC(=O)O)C(NC(=O)CCC(C)CCl)CN1CC2. The van der Waals surface area contributed by atoms with Gasteiger partial charge < -0.3 is 25.2 Å². The van der Waals surface area contributed by atoms with Gasteiger partial charge in [-0.25, -0.2) is 4.79 Å². The predicted octanol–water partition coefficient (Wildman–Crippen LogP) is 2.78. The summed E-state index contributed by atoms with van der Waals surface area (Å²) >= 11 is 5.84. The molecule has 3 rings (SSSR count). The highest BCUT2D eigenvalue weighted by atomic mass is 35.5. The van der Waals surface area contributed by atoms with Crippen molar-refractivity contribution in [3.8, 4) is 11.5 Å². The average molecular weight is 454 g/mol. The lowest BCUT2D eigenvalue weighted by molar-refractivity contribution is -0.122. The van der Waals surface area contributed by atoms with E-state index >= 15 is 0 Å². The minimum atomic E-state index is -1.09. The van der Waals surface area contributed by atoms with E-state index in [1.807, 2.05) is 19.1 Å². The number of carboxylic acid groups (broad SMARTS) is 1. The van der Waals surface area contributed by atoms with Crippen LogP contribution in [-0.2, 0) is 11.2 Å². The molecule has 0 saturated carbocycles. The number of nitrogens with one attached hydrogen (secondary N) is 2. The monoisotopic (exact) mass is 453 g/mol. The maximum absolute atomic E-state index is 12.5. The van der Waals surface area contributed by atoms with Crippen molar-refractivity contribution in [1.29, 1.82) is 0 Å². The Morgan fingerprint density at radius 2 is 1.94 bits per heavy atom. The molecule has 0 aliphatic carbocycles. The van der Waals surface area contributed by atoms with Gasteiger partial charge in [0.25, 0.3) is 0 Å². The number of piperidine rings is 1. The third-order valence-corrected chi connectivity index (χ3v) is 6.82. The molecule has 2 aliphatic rings. The van der Waals surface area contributed by atoms with E-state index < -0.39 is 6.09 Å². The first-order chi connectivity index (χ1) is 14.9. The largest absolute Gasteiger partial charge is 0.493 e. The van der Waals surface area contributed by atoms with Crippen LogP contribution in [0, 0.1) is 5.92 Å². The first kappa shape index (κ1) is 23.5. The molecular weight excluding hydrogens is 422 g/mol. The van der Waals surface area contributed by atoms with Gasteiger partial charge >= 0.3 is 6.09 Å². The van der Waals surface area contributed by atoms with Crippen molar-refractivity contribution in [2.75, 3.05) is 33.2 Å². The Morgan fingerprint density at radius 1 is 1.23 bits per heavy atom.